The lowest BCUT2D eigenvalue weighted by molar-refractivity contribution is -0.118. The van der Waals surface area contributed by atoms with Gasteiger partial charge in [-0.15, -0.1) is 0 Å². The first-order chi connectivity index (χ1) is 12.2. The lowest BCUT2D eigenvalue weighted by Gasteiger charge is -2.24. The summed E-state index contributed by atoms with van der Waals surface area (Å²) in [6.07, 6.45) is 3.08. The third kappa shape index (κ3) is 3.90. The molecule has 0 aromatic heterocycles. The van der Waals surface area contributed by atoms with E-state index in [1.54, 1.807) is 0 Å². The molecule has 2 aromatic rings. The zero-order valence-corrected chi connectivity index (χ0v) is 14.6. The number of carbonyl (C=O) groups is 2. The van der Waals surface area contributed by atoms with Gasteiger partial charge in [0.15, 0.2) is 0 Å². The topological polar surface area (TPSA) is 49.4 Å². The minimum Gasteiger partial charge on any atom is -0.345 e. The predicted molar refractivity (Wildman–Crippen MR) is 99.6 cm³/mol. The van der Waals surface area contributed by atoms with E-state index in [-0.39, 0.29) is 17.9 Å². The van der Waals surface area contributed by atoms with Crippen LogP contribution in [0.5, 0.6) is 0 Å². The lowest BCUT2D eigenvalue weighted by Crippen LogP contribution is -2.31. The van der Waals surface area contributed by atoms with Crippen LogP contribution < -0.4 is 10.2 Å². The summed E-state index contributed by atoms with van der Waals surface area (Å²) < 4.78 is 0. The van der Waals surface area contributed by atoms with Crippen molar-refractivity contribution in [2.45, 2.75) is 38.6 Å². The van der Waals surface area contributed by atoms with E-state index in [0.29, 0.717) is 18.5 Å². The predicted octanol–water partition coefficient (Wildman–Crippen LogP) is 4.08. The number of hydrogen-bond donors (Lipinski definition) is 1. The molecular weight excluding hydrogens is 312 g/mol. The van der Waals surface area contributed by atoms with Crippen molar-refractivity contribution in [2.24, 2.45) is 0 Å². The second-order valence-corrected chi connectivity index (χ2v) is 6.39. The number of rotatable bonds is 4. The Hall–Kier alpha value is -2.62. The van der Waals surface area contributed by atoms with Gasteiger partial charge in [-0.3, -0.25) is 9.59 Å². The first-order valence-electron chi connectivity index (χ1n) is 8.96. The van der Waals surface area contributed by atoms with Crippen LogP contribution in [0.1, 0.15) is 54.6 Å². The van der Waals surface area contributed by atoms with Gasteiger partial charge in [0.05, 0.1) is 6.04 Å². The number of anilines is 1. The highest BCUT2D eigenvalue weighted by Gasteiger charge is 2.26. The van der Waals surface area contributed by atoms with E-state index in [9.17, 15) is 9.59 Å². The van der Waals surface area contributed by atoms with Gasteiger partial charge < -0.3 is 10.2 Å². The molecule has 0 bridgehead atoms. The van der Waals surface area contributed by atoms with Crippen molar-refractivity contribution < 1.29 is 9.59 Å². The molecule has 0 saturated heterocycles. The van der Waals surface area contributed by atoms with Crippen LogP contribution >= 0.6 is 0 Å². The van der Waals surface area contributed by atoms with E-state index >= 15 is 0 Å². The van der Waals surface area contributed by atoms with Gasteiger partial charge in [0, 0.05) is 24.2 Å². The Kier molecular flexibility index (Phi) is 5.49. The zero-order valence-electron chi connectivity index (χ0n) is 14.6. The van der Waals surface area contributed by atoms with Gasteiger partial charge in [0.25, 0.3) is 5.91 Å². The Labute approximate surface area is 148 Å². The Morgan fingerprint density at radius 1 is 1.08 bits per heavy atom. The van der Waals surface area contributed by atoms with E-state index < -0.39 is 0 Å². The summed E-state index contributed by atoms with van der Waals surface area (Å²) in [7, 11) is 0. The Morgan fingerprint density at radius 2 is 1.80 bits per heavy atom. The fourth-order valence-corrected chi connectivity index (χ4v) is 3.35. The van der Waals surface area contributed by atoms with Crippen LogP contribution in [-0.2, 0) is 4.79 Å². The molecule has 0 saturated carbocycles. The van der Waals surface area contributed by atoms with Crippen molar-refractivity contribution in [1.29, 1.82) is 0 Å². The molecule has 130 valence electrons. The Balaban J connectivity index is 1.86. The number of benzene rings is 2. The molecule has 4 nitrogen and oxygen atoms in total. The molecule has 2 amide bonds. The number of para-hydroxylation sites is 1. The van der Waals surface area contributed by atoms with Gasteiger partial charge in [-0.1, -0.05) is 43.3 Å². The van der Waals surface area contributed by atoms with Crippen molar-refractivity contribution in [3.63, 3.8) is 0 Å². The molecular formula is C21H24N2O2. The molecule has 25 heavy (non-hydrogen) atoms. The molecule has 1 aliphatic heterocycles. The van der Waals surface area contributed by atoms with Crippen LogP contribution in [0, 0.1) is 0 Å². The van der Waals surface area contributed by atoms with Crippen LogP contribution in [0.2, 0.25) is 0 Å². The number of fused-ring (bicyclic) bond motifs is 1. The maximum Gasteiger partial charge on any atom is 0.251 e. The quantitative estimate of drug-likeness (QED) is 0.914. The fraction of sp³-hybridized carbons (Fsp3) is 0.333. The van der Waals surface area contributed by atoms with Crippen LogP contribution in [0.3, 0.4) is 0 Å². The third-order valence-corrected chi connectivity index (χ3v) is 4.58. The number of nitrogens with zero attached hydrogens (tertiary/aromatic N) is 1. The summed E-state index contributed by atoms with van der Waals surface area (Å²) >= 11 is 0. The highest BCUT2D eigenvalue weighted by molar-refractivity contribution is 5.96. The molecule has 0 radical (unpaired) electrons. The van der Waals surface area contributed by atoms with Crippen molar-refractivity contribution in [2.75, 3.05) is 11.4 Å². The van der Waals surface area contributed by atoms with E-state index in [0.717, 1.165) is 30.5 Å². The Morgan fingerprint density at radius 3 is 2.56 bits per heavy atom. The fourth-order valence-electron chi connectivity index (χ4n) is 3.35. The third-order valence-electron chi connectivity index (χ3n) is 4.58. The van der Waals surface area contributed by atoms with E-state index in [2.05, 4.69) is 5.32 Å². The monoisotopic (exact) mass is 336 g/mol. The Bertz CT molecular complexity index is 743. The lowest BCUT2D eigenvalue weighted by atomic mass is 10.0. The SMILES string of the molecule is CCCC(=O)N1CCCC(NC(=O)c2ccccc2)c2ccccc21. The molecule has 2 aromatic carbocycles. The van der Waals surface area contributed by atoms with E-state index in [1.807, 2.05) is 66.4 Å². The summed E-state index contributed by atoms with van der Waals surface area (Å²) in [6, 6.07) is 17.1. The summed E-state index contributed by atoms with van der Waals surface area (Å²) in [5.74, 6) is 0.0822. The van der Waals surface area contributed by atoms with Crippen LogP contribution in [0.15, 0.2) is 54.6 Å². The van der Waals surface area contributed by atoms with Crippen LogP contribution in [0.4, 0.5) is 5.69 Å². The molecule has 1 heterocycles. The summed E-state index contributed by atoms with van der Waals surface area (Å²) in [4.78, 5) is 26.9. The number of hydrogen-bond acceptors (Lipinski definition) is 2. The molecule has 1 N–H and O–H groups in total. The molecule has 0 spiro atoms. The minimum absolute atomic E-state index is 0.0752. The average Bonchev–Trinajstić information content (AvgIpc) is 2.82. The summed E-state index contributed by atoms with van der Waals surface area (Å²) in [5, 5.41) is 3.15. The first-order valence-corrected chi connectivity index (χ1v) is 8.96. The highest BCUT2D eigenvalue weighted by atomic mass is 16.2. The largest absolute Gasteiger partial charge is 0.345 e. The summed E-state index contributed by atoms with van der Waals surface area (Å²) in [5.41, 5.74) is 2.61. The van der Waals surface area contributed by atoms with Crippen LogP contribution in [-0.4, -0.2) is 18.4 Å². The van der Waals surface area contributed by atoms with Gasteiger partial charge in [-0.25, -0.2) is 0 Å². The van der Waals surface area contributed by atoms with Gasteiger partial charge in [0.2, 0.25) is 5.91 Å². The minimum atomic E-state index is -0.0802. The maximum absolute atomic E-state index is 12.6. The van der Waals surface area contributed by atoms with Gasteiger partial charge >= 0.3 is 0 Å². The molecule has 0 fully saturated rings. The average molecular weight is 336 g/mol. The normalized spacial score (nSPS) is 16.7. The number of amides is 2. The summed E-state index contributed by atoms with van der Waals surface area (Å²) in [6.45, 7) is 2.72. The maximum atomic E-state index is 12.6. The highest BCUT2D eigenvalue weighted by Crippen LogP contribution is 2.33. The zero-order chi connectivity index (χ0) is 17.6. The van der Waals surface area contributed by atoms with E-state index in [4.69, 9.17) is 0 Å². The van der Waals surface area contributed by atoms with Gasteiger partial charge in [0.1, 0.15) is 0 Å². The standard InChI is InChI=1S/C21H24N2O2/c1-2-9-20(24)23-15-8-13-18(17-12-6-7-14-19(17)23)22-21(25)16-10-4-3-5-11-16/h3-7,10-12,14,18H,2,8-9,13,15H2,1H3,(H,22,25). The van der Waals surface area contributed by atoms with Gasteiger partial charge in [-0.05, 0) is 43.0 Å². The molecule has 4 heteroatoms. The molecule has 0 aliphatic carbocycles. The molecule has 1 unspecified atom stereocenters. The van der Waals surface area contributed by atoms with Crippen molar-refractivity contribution in [3.8, 4) is 0 Å². The second-order valence-electron chi connectivity index (χ2n) is 6.39. The van der Waals surface area contributed by atoms with Gasteiger partial charge in [-0.2, -0.15) is 0 Å². The second kappa shape index (κ2) is 7.97. The van der Waals surface area contributed by atoms with Crippen molar-refractivity contribution in [3.05, 3.63) is 65.7 Å². The van der Waals surface area contributed by atoms with Crippen molar-refractivity contribution in [1.82, 2.24) is 5.32 Å². The smallest absolute Gasteiger partial charge is 0.251 e. The van der Waals surface area contributed by atoms with Crippen LogP contribution in [0.25, 0.3) is 0 Å². The number of nitrogens with one attached hydrogen (secondary N) is 1. The molecule has 1 atom stereocenters. The van der Waals surface area contributed by atoms with Crippen molar-refractivity contribution >= 4 is 17.5 Å². The molecule has 3 rings (SSSR count). The molecule has 1 aliphatic rings. The number of carbonyl (C=O) groups excluding carboxylic acids is 2. The first kappa shape index (κ1) is 17.2. The van der Waals surface area contributed by atoms with E-state index in [1.165, 1.54) is 0 Å².